The van der Waals surface area contributed by atoms with Crippen molar-refractivity contribution in [2.24, 2.45) is 0 Å². The molecule has 0 aliphatic carbocycles. The van der Waals surface area contributed by atoms with Gasteiger partial charge in [0.2, 0.25) is 0 Å². The van der Waals surface area contributed by atoms with Gasteiger partial charge in [0.05, 0.1) is 16.6 Å². The number of aromatic nitrogens is 4. The number of rotatable bonds is 5. The van der Waals surface area contributed by atoms with E-state index < -0.39 is 0 Å². The molecule has 0 spiro atoms. The molecule has 12 aromatic rings. The van der Waals surface area contributed by atoms with Crippen molar-refractivity contribution in [3.63, 3.8) is 0 Å². The highest BCUT2D eigenvalue weighted by Gasteiger charge is 2.22. The summed E-state index contributed by atoms with van der Waals surface area (Å²) < 4.78 is 15.2. The second kappa shape index (κ2) is 12.3. The SMILES string of the molecule is c1ccc(-c2cccc(-n3c4ccccc4c4c(-c5nc(-c6ccc7c(c6)oc6ccccc67)nc(-c6cccc7c6oc6ccccc67)n5)cccc43)c2)cc1. The molecule has 0 aliphatic rings. The maximum absolute atomic E-state index is 6.52. The Morgan fingerprint density at radius 2 is 0.947 bits per heavy atom. The average Bonchev–Trinajstić information content (AvgIpc) is 3.96. The first-order valence-electron chi connectivity index (χ1n) is 19.0. The summed E-state index contributed by atoms with van der Waals surface area (Å²) in [6.45, 7) is 0. The van der Waals surface area contributed by atoms with Crippen molar-refractivity contribution >= 4 is 65.7 Å². The van der Waals surface area contributed by atoms with Gasteiger partial charge in [0.15, 0.2) is 17.5 Å². The number of fused-ring (bicyclic) bond motifs is 9. The molecule has 0 aliphatic heterocycles. The van der Waals surface area contributed by atoms with Crippen LogP contribution in [0.5, 0.6) is 0 Å². The zero-order valence-electron chi connectivity index (χ0n) is 30.4. The van der Waals surface area contributed by atoms with Gasteiger partial charge < -0.3 is 13.4 Å². The van der Waals surface area contributed by atoms with Gasteiger partial charge in [-0.3, -0.25) is 0 Å². The first-order valence-corrected chi connectivity index (χ1v) is 19.0. The topological polar surface area (TPSA) is 69.9 Å². The van der Waals surface area contributed by atoms with E-state index in [1.165, 1.54) is 5.56 Å². The summed E-state index contributed by atoms with van der Waals surface area (Å²) in [4.78, 5) is 15.8. The average molecular weight is 731 g/mol. The lowest BCUT2D eigenvalue weighted by Crippen LogP contribution is -2.01. The van der Waals surface area contributed by atoms with Crippen molar-refractivity contribution in [1.29, 1.82) is 0 Å². The molecular formula is C51H30N4O2. The van der Waals surface area contributed by atoms with Crippen molar-refractivity contribution < 1.29 is 8.83 Å². The summed E-state index contributed by atoms with van der Waals surface area (Å²) >= 11 is 0. The van der Waals surface area contributed by atoms with Crippen LogP contribution in [0.4, 0.5) is 0 Å². The third kappa shape index (κ3) is 4.94. The van der Waals surface area contributed by atoms with Crippen LogP contribution in [0.1, 0.15) is 0 Å². The molecule has 0 saturated carbocycles. The largest absolute Gasteiger partial charge is 0.456 e. The first-order chi connectivity index (χ1) is 28.2. The summed E-state index contributed by atoms with van der Waals surface area (Å²) in [5, 5.41) is 6.36. The zero-order valence-corrected chi connectivity index (χ0v) is 30.4. The molecule has 6 nitrogen and oxygen atoms in total. The minimum Gasteiger partial charge on any atom is -0.456 e. The number of para-hydroxylation sites is 4. The normalized spacial score (nSPS) is 11.9. The van der Waals surface area contributed by atoms with Crippen molar-refractivity contribution in [3.8, 4) is 51.0 Å². The highest BCUT2D eigenvalue weighted by atomic mass is 16.3. The molecule has 0 fully saturated rings. The maximum Gasteiger partial charge on any atom is 0.167 e. The highest BCUT2D eigenvalue weighted by molar-refractivity contribution is 6.15. The number of furan rings is 2. The van der Waals surface area contributed by atoms with Crippen LogP contribution in [0, 0.1) is 0 Å². The van der Waals surface area contributed by atoms with Gasteiger partial charge in [-0.2, -0.15) is 0 Å². The monoisotopic (exact) mass is 730 g/mol. The summed E-state index contributed by atoms with van der Waals surface area (Å²) in [5.41, 5.74) is 11.3. The van der Waals surface area contributed by atoms with E-state index in [-0.39, 0.29) is 0 Å². The van der Waals surface area contributed by atoms with Crippen LogP contribution in [0.3, 0.4) is 0 Å². The number of hydrogen-bond donors (Lipinski definition) is 0. The molecule has 0 saturated heterocycles. The Morgan fingerprint density at radius 3 is 1.81 bits per heavy atom. The quantitative estimate of drug-likeness (QED) is 0.176. The minimum atomic E-state index is 0.528. The van der Waals surface area contributed by atoms with Crippen molar-refractivity contribution in [1.82, 2.24) is 19.5 Å². The fourth-order valence-corrected chi connectivity index (χ4v) is 8.47. The number of benzene rings is 8. The molecule has 0 radical (unpaired) electrons. The summed E-state index contributed by atoms with van der Waals surface area (Å²) in [7, 11) is 0. The Bertz CT molecular complexity index is 3540. The van der Waals surface area contributed by atoms with Gasteiger partial charge in [-0.15, -0.1) is 0 Å². The predicted octanol–water partition coefficient (Wildman–Crippen LogP) is 13.4. The van der Waals surface area contributed by atoms with Gasteiger partial charge in [-0.1, -0.05) is 127 Å². The van der Waals surface area contributed by atoms with Gasteiger partial charge in [0.1, 0.15) is 22.3 Å². The van der Waals surface area contributed by atoms with Crippen LogP contribution in [0.25, 0.3) is 117 Å². The van der Waals surface area contributed by atoms with Gasteiger partial charge in [0.25, 0.3) is 0 Å². The molecule has 0 N–H and O–H groups in total. The third-order valence-electron chi connectivity index (χ3n) is 11.1. The molecule has 4 aromatic heterocycles. The van der Waals surface area contributed by atoms with Crippen LogP contribution in [0.15, 0.2) is 191 Å². The van der Waals surface area contributed by atoms with Crippen LogP contribution in [0.2, 0.25) is 0 Å². The van der Waals surface area contributed by atoms with Crippen LogP contribution in [-0.4, -0.2) is 19.5 Å². The van der Waals surface area contributed by atoms with E-state index >= 15 is 0 Å². The smallest absolute Gasteiger partial charge is 0.167 e. The minimum absolute atomic E-state index is 0.528. The molecule has 6 heteroatoms. The maximum atomic E-state index is 6.52. The van der Waals surface area contributed by atoms with E-state index in [9.17, 15) is 0 Å². The standard InChI is InChI=1S/C51H30N4O2/c1-2-13-31(14-3-1)32-15-10-16-34(29-32)55-42-23-7-4-19-39(42)47-40(21-12-24-43(47)55)50-52-49(33-27-28-37-35-17-5-8-25-44(35)56-46(37)30-33)53-51(54-50)41-22-11-20-38-36-18-6-9-26-45(36)57-48(38)41/h1-30H. The van der Waals surface area contributed by atoms with Crippen LogP contribution < -0.4 is 0 Å². The van der Waals surface area contributed by atoms with Crippen molar-refractivity contribution in [2.75, 3.05) is 0 Å². The second-order valence-corrected chi connectivity index (χ2v) is 14.4. The predicted molar refractivity (Wildman–Crippen MR) is 230 cm³/mol. The van der Waals surface area contributed by atoms with E-state index in [1.807, 2.05) is 60.7 Å². The Kier molecular flexibility index (Phi) is 6.83. The Hall–Kier alpha value is -7.83. The van der Waals surface area contributed by atoms with E-state index in [4.69, 9.17) is 23.8 Å². The van der Waals surface area contributed by atoms with Crippen LogP contribution in [-0.2, 0) is 0 Å². The van der Waals surface area contributed by atoms with E-state index in [0.29, 0.717) is 17.5 Å². The van der Waals surface area contributed by atoms with Gasteiger partial charge in [-0.25, -0.2) is 15.0 Å². The van der Waals surface area contributed by atoms with Crippen molar-refractivity contribution in [3.05, 3.63) is 182 Å². The third-order valence-corrected chi connectivity index (χ3v) is 11.1. The van der Waals surface area contributed by atoms with E-state index in [1.54, 1.807) is 0 Å². The molecule has 0 bridgehead atoms. The number of hydrogen-bond acceptors (Lipinski definition) is 5. The summed E-state index contributed by atoms with van der Waals surface area (Å²) in [5.74, 6) is 1.64. The molecule has 57 heavy (non-hydrogen) atoms. The highest BCUT2D eigenvalue weighted by Crippen LogP contribution is 2.41. The van der Waals surface area contributed by atoms with Gasteiger partial charge >= 0.3 is 0 Å². The van der Waals surface area contributed by atoms with Crippen LogP contribution >= 0.6 is 0 Å². The molecule has 4 heterocycles. The zero-order chi connectivity index (χ0) is 37.5. The summed E-state index contributed by atoms with van der Waals surface area (Å²) in [6, 6.07) is 62.8. The molecule has 8 aromatic carbocycles. The fraction of sp³-hybridized carbons (Fsp3) is 0. The lowest BCUT2D eigenvalue weighted by Gasteiger charge is -2.11. The van der Waals surface area contributed by atoms with Gasteiger partial charge in [-0.05, 0) is 65.7 Å². The van der Waals surface area contributed by atoms with E-state index in [0.717, 1.165) is 93.6 Å². The molecule has 0 amide bonds. The Morgan fingerprint density at radius 1 is 0.351 bits per heavy atom. The summed E-state index contributed by atoms with van der Waals surface area (Å²) in [6.07, 6.45) is 0. The van der Waals surface area contributed by atoms with Crippen molar-refractivity contribution in [2.45, 2.75) is 0 Å². The van der Waals surface area contributed by atoms with E-state index in [2.05, 4.69) is 126 Å². The first kappa shape index (κ1) is 31.5. The Labute approximate surface area is 325 Å². The molecule has 0 unspecified atom stereocenters. The molecule has 12 rings (SSSR count). The fourth-order valence-electron chi connectivity index (χ4n) is 8.47. The lowest BCUT2D eigenvalue weighted by molar-refractivity contribution is 0.668. The second-order valence-electron chi connectivity index (χ2n) is 14.4. The molecule has 0 atom stereocenters. The Balaban J connectivity index is 1.12. The lowest BCUT2D eigenvalue weighted by atomic mass is 10.0. The number of nitrogens with zero attached hydrogens (tertiary/aromatic N) is 4. The van der Waals surface area contributed by atoms with Gasteiger partial charge in [0, 0.05) is 49.1 Å². The molecular weight excluding hydrogens is 701 g/mol. The molecule has 266 valence electrons.